The van der Waals surface area contributed by atoms with Crippen LogP contribution in [0.25, 0.3) is 11.2 Å². The highest BCUT2D eigenvalue weighted by atomic mass is 79.9. The largest absolute Gasteiger partial charge is 0.454 e. The number of anilines is 1. The number of carbonyl (C=O) groups is 2. The van der Waals surface area contributed by atoms with Crippen LogP contribution in [0, 0.1) is 5.92 Å². The van der Waals surface area contributed by atoms with E-state index in [4.69, 9.17) is 30.0 Å². The lowest BCUT2D eigenvalue weighted by atomic mass is 9.93. The number of aliphatic hydroxyl groups excluding tert-OH is 2. The Bertz CT molecular complexity index is 1410. The number of nitrogens with two attached hydrogens (primary N) is 1. The van der Waals surface area contributed by atoms with Gasteiger partial charge in [-0.1, -0.05) is 11.8 Å². The highest BCUT2D eigenvalue weighted by molar-refractivity contribution is 9.10. The number of rotatable bonds is 9. The van der Waals surface area contributed by atoms with E-state index in [1.54, 1.807) is 4.90 Å². The Labute approximate surface area is 242 Å². The molecule has 0 radical (unpaired) electrons. The Hall–Kier alpha value is -3.14. The summed E-state index contributed by atoms with van der Waals surface area (Å²) in [6.45, 7) is 2.58. The number of aryl methyl sites for hydroxylation is 1. The van der Waals surface area contributed by atoms with Crippen molar-refractivity contribution in [2.45, 2.75) is 55.0 Å². The van der Waals surface area contributed by atoms with E-state index in [9.17, 15) is 14.7 Å². The number of carbonyl (C=O) groups excluding carboxylic acids is 2. The number of fused-ring (bicyclic) bond motifs is 2. The van der Waals surface area contributed by atoms with E-state index in [1.165, 1.54) is 25.0 Å². The van der Waals surface area contributed by atoms with E-state index < -0.39 is 24.8 Å². The van der Waals surface area contributed by atoms with Crippen LogP contribution in [-0.4, -0.2) is 85.2 Å². The van der Waals surface area contributed by atoms with Crippen molar-refractivity contribution in [2.24, 2.45) is 5.92 Å². The smallest absolute Gasteiger partial charge is 0.338 e. The van der Waals surface area contributed by atoms with Crippen molar-refractivity contribution in [1.29, 1.82) is 0 Å². The maximum Gasteiger partial charge on any atom is 0.338 e. The predicted molar refractivity (Wildman–Crippen MR) is 147 cm³/mol. The van der Waals surface area contributed by atoms with Crippen LogP contribution < -0.4 is 15.2 Å². The number of ether oxygens (including phenoxy) is 3. The van der Waals surface area contributed by atoms with Crippen LogP contribution in [0.1, 0.15) is 26.2 Å². The Balaban J connectivity index is 1.24. The number of imidazole rings is 1. The first-order chi connectivity index (χ1) is 19.2. The van der Waals surface area contributed by atoms with Gasteiger partial charge in [0.15, 0.2) is 45.8 Å². The van der Waals surface area contributed by atoms with E-state index in [0.717, 1.165) is 33.8 Å². The molecule has 2 aromatic heterocycles. The van der Waals surface area contributed by atoms with Gasteiger partial charge in [0.25, 0.3) is 5.91 Å². The molecule has 4 N–H and O–H groups in total. The lowest BCUT2D eigenvalue weighted by Crippen LogP contribution is -2.45. The number of amides is 1. The topological polar surface area (TPSA) is 175 Å². The third-order valence-electron chi connectivity index (χ3n) is 6.93. The van der Waals surface area contributed by atoms with Crippen LogP contribution in [0.3, 0.4) is 0 Å². The van der Waals surface area contributed by atoms with Gasteiger partial charge in [0.1, 0.15) is 6.33 Å². The number of likely N-dealkylation sites (tertiary alicyclic amines) is 1. The van der Waals surface area contributed by atoms with Crippen LogP contribution in [0.4, 0.5) is 5.82 Å². The van der Waals surface area contributed by atoms with Gasteiger partial charge >= 0.3 is 5.97 Å². The summed E-state index contributed by atoms with van der Waals surface area (Å²) >= 11 is 5.08. The summed E-state index contributed by atoms with van der Waals surface area (Å²) in [7, 11) is 0. The van der Waals surface area contributed by atoms with Crippen LogP contribution in [0.5, 0.6) is 11.5 Å². The number of piperidine rings is 1. The van der Waals surface area contributed by atoms with E-state index in [0.29, 0.717) is 54.0 Å². The number of nitrogens with zero attached hydrogens (tertiary/aromatic N) is 5. The Kier molecular flexibility index (Phi) is 8.63. The first-order valence-electron chi connectivity index (χ1n) is 12.8. The average Bonchev–Trinajstić information content (AvgIpc) is 3.55. The zero-order chi connectivity index (χ0) is 28.4. The molecule has 2 aliphatic rings. The molecule has 0 saturated carbocycles. The predicted octanol–water partition coefficient (Wildman–Crippen LogP) is 1.96. The van der Waals surface area contributed by atoms with Crippen molar-refractivity contribution in [3.63, 3.8) is 0 Å². The number of aromatic nitrogens is 4. The lowest BCUT2D eigenvalue weighted by molar-refractivity contribution is -0.168. The number of hydrogen-bond acceptors (Lipinski definition) is 12. The maximum atomic E-state index is 12.7. The number of benzene rings is 1. The van der Waals surface area contributed by atoms with Crippen molar-refractivity contribution in [1.82, 2.24) is 24.4 Å². The molecule has 1 fully saturated rings. The quantitative estimate of drug-likeness (QED) is 0.292. The lowest BCUT2D eigenvalue weighted by Gasteiger charge is -2.33. The second-order valence-electron chi connectivity index (χ2n) is 9.55. The van der Waals surface area contributed by atoms with Gasteiger partial charge in [0.2, 0.25) is 6.79 Å². The highest BCUT2D eigenvalue weighted by Gasteiger charge is 2.30. The number of halogens is 1. The molecule has 0 spiro atoms. The van der Waals surface area contributed by atoms with Gasteiger partial charge in [0, 0.05) is 29.0 Å². The normalized spacial score (nSPS) is 16.8. The number of nitrogen functional groups attached to an aromatic ring is 1. The highest BCUT2D eigenvalue weighted by Crippen LogP contribution is 2.43. The van der Waals surface area contributed by atoms with Crippen molar-refractivity contribution >= 4 is 56.6 Å². The molecule has 15 heteroatoms. The van der Waals surface area contributed by atoms with Crippen LogP contribution in [-0.2, 0) is 20.9 Å². The van der Waals surface area contributed by atoms with Gasteiger partial charge in [-0.2, -0.15) is 0 Å². The van der Waals surface area contributed by atoms with Crippen molar-refractivity contribution in [2.75, 3.05) is 32.2 Å². The SMILES string of the molecule is C[C@H](OC(=O)[C@@H](O)CO)C(=O)N1CCC(CCn2c(Sc3cc4c(cc3Br)OCO4)nc3c(N)ncnc32)CC1. The minimum atomic E-state index is -1.66. The monoisotopic (exact) mass is 636 g/mol. The number of aliphatic hydroxyl groups is 2. The summed E-state index contributed by atoms with van der Waals surface area (Å²) in [5, 5.41) is 19.0. The Morgan fingerprint density at radius 3 is 2.70 bits per heavy atom. The fraction of sp³-hybridized carbons (Fsp3) is 0.480. The number of hydrogen-bond donors (Lipinski definition) is 3. The molecule has 5 rings (SSSR count). The summed E-state index contributed by atoms with van der Waals surface area (Å²) in [5.74, 6) is 0.672. The second kappa shape index (κ2) is 12.2. The third kappa shape index (κ3) is 5.96. The summed E-state index contributed by atoms with van der Waals surface area (Å²) in [6, 6.07) is 3.78. The molecule has 0 bridgehead atoms. The first kappa shape index (κ1) is 28.4. The minimum absolute atomic E-state index is 0.182. The Morgan fingerprint density at radius 1 is 1.25 bits per heavy atom. The van der Waals surface area contributed by atoms with Crippen molar-refractivity contribution in [3.8, 4) is 11.5 Å². The average molecular weight is 638 g/mol. The summed E-state index contributed by atoms with van der Waals surface area (Å²) < 4.78 is 18.9. The molecular weight excluding hydrogens is 608 g/mol. The first-order valence-corrected chi connectivity index (χ1v) is 14.4. The zero-order valence-corrected chi connectivity index (χ0v) is 24.1. The molecule has 1 amide bonds. The fourth-order valence-corrected chi connectivity index (χ4v) is 6.19. The molecule has 0 aliphatic carbocycles. The molecule has 1 saturated heterocycles. The molecule has 40 heavy (non-hydrogen) atoms. The van der Waals surface area contributed by atoms with Crippen molar-refractivity contribution < 1.29 is 34.0 Å². The molecule has 3 aromatic rings. The van der Waals surface area contributed by atoms with Gasteiger partial charge < -0.3 is 39.6 Å². The molecule has 2 aliphatic heterocycles. The summed E-state index contributed by atoms with van der Waals surface area (Å²) in [6.07, 6.45) is 1.13. The molecule has 2 atom stereocenters. The Morgan fingerprint density at radius 2 is 1.98 bits per heavy atom. The van der Waals surface area contributed by atoms with Crippen LogP contribution >= 0.6 is 27.7 Å². The minimum Gasteiger partial charge on any atom is -0.454 e. The van der Waals surface area contributed by atoms with Gasteiger partial charge in [0.05, 0.1) is 6.61 Å². The van der Waals surface area contributed by atoms with Crippen LogP contribution in [0.15, 0.2) is 33.0 Å². The van der Waals surface area contributed by atoms with Crippen molar-refractivity contribution in [3.05, 3.63) is 22.9 Å². The summed E-state index contributed by atoms with van der Waals surface area (Å²) in [5.41, 5.74) is 7.31. The van der Waals surface area contributed by atoms with Gasteiger partial charge in [-0.25, -0.2) is 19.7 Å². The molecule has 1 aromatic carbocycles. The molecular formula is C25H29BrN6O7S. The molecule has 0 unspecified atom stereocenters. The van der Waals surface area contributed by atoms with E-state index in [2.05, 4.69) is 25.9 Å². The van der Waals surface area contributed by atoms with E-state index >= 15 is 0 Å². The van der Waals surface area contributed by atoms with Gasteiger partial charge in [-0.15, -0.1) is 0 Å². The van der Waals surface area contributed by atoms with Gasteiger partial charge in [-0.3, -0.25) is 4.79 Å². The maximum absolute atomic E-state index is 12.7. The third-order valence-corrected chi connectivity index (χ3v) is 8.90. The number of esters is 1. The molecule has 214 valence electrons. The standard InChI is InChI=1S/C25H29BrN6O7S/c1-13(39-24(36)16(34)10-33)23(35)31-5-2-14(3-6-31)4-7-32-22-20(21(27)28-11-29-22)30-25(32)40-19-9-18-17(8-15(19)26)37-12-38-18/h8-9,11,13-14,16,33-34H,2-7,10,12H2,1H3,(H2,27,28,29)/t13-,16-/m0/s1. The van der Waals surface area contributed by atoms with Crippen LogP contribution in [0.2, 0.25) is 0 Å². The second-order valence-corrected chi connectivity index (χ2v) is 11.4. The zero-order valence-electron chi connectivity index (χ0n) is 21.7. The van der Waals surface area contributed by atoms with E-state index in [-0.39, 0.29) is 12.7 Å². The summed E-state index contributed by atoms with van der Waals surface area (Å²) in [4.78, 5) is 40.3. The fourth-order valence-electron chi connectivity index (χ4n) is 4.68. The molecule has 4 heterocycles. The van der Waals surface area contributed by atoms with Gasteiger partial charge in [-0.05, 0) is 60.2 Å². The molecule has 13 nitrogen and oxygen atoms in total. The van der Waals surface area contributed by atoms with E-state index in [1.807, 2.05) is 16.7 Å².